The summed E-state index contributed by atoms with van der Waals surface area (Å²) in [6.07, 6.45) is 4.85. The molecule has 0 saturated carbocycles. The van der Waals surface area contributed by atoms with Crippen LogP contribution in [0.25, 0.3) is 0 Å². The van der Waals surface area contributed by atoms with Crippen molar-refractivity contribution in [1.82, 2.24) is 0 Å². The van der Waals surface area contributed by atoms with Crippen molar-refractivity contribution in [2.24, 2.45) is 0 Å². The summed E-state index contributed by atoms with van der Waals surface area (Å²) in [5.74, 6) is 1.14. The van der Waals surface area contributed by atoms with Gasteiger partial charge in [0, 0.05) is 5.56 Å². The van der Waals surface area contributed by atoms with Gasteiger partial charge in [-0.3, -0.25) is 4.79 Å². The fourth-order valence-electron chi connectivity index (χ4n) is 0.685. The van der Waals surface area contributed by atoms with Crippen LogP contribution in [0, 0.1) is 18.2 Å². The average molecular weight is 148 g/mol. The molecule has 0 heterocycles. The van der Waals surface area contributed by atoms with Gasteiger partial charge in [-0.2, -0.15) is 0 Å². The molecule has 2 heteroatoms. The average Bonchev–Trinajstić information content (AvgIpc) is 2.05. The van der Waals surface area contributed by atoms with E-state index < -0.39 is 5.78 Å². The van der Waals surface area contributed by atoms with Crippen molar-refractivity contribution in [3.8, 4) is 12.3 Å². The normalized spacial score (nSPS) is 8.73. The molecule has 0 aliphatic rings. The number of terminal acetylenes is 1. The summed E-state index contributed by atoms with van der Waals surface area (Å²) in [6, 6.07) is 5.12. The van der Waals surface area contributed by atoms with Crippen LogP contribution in [0.1, 0.15) is 10.4 Å². The fourth-order valence-corrected chi connectivity index (χ4v) is 0.685. The number of hydrogen-bond acceptors (Lipinski definition) is 1. The number of rotatable bonds is 1. The highest BCUT2D eigenvalue weighted by Gasteiger charge is 1.99. The molecule has 0 aliphatic heterocycles. The molecule has 0 saturated heterocycles. The van der Waals surface area contributed by atoms with Crippen LogP contribution in [0.3, 0.4) is 0 Å². The van der Waals surface area contributed by atoms with Crippen molar-refractivity contribution < 1.29 is 9.18 Å². The van der Waals surface area contributed by atoms with Gasteiger partial charge in [0.05, 0.1) is 0 Å². The van der Waals surface area contributed by atoms with Crippen LogP contribution in [0.4, 0.5) is 4.39 Å². The lowest BCUT2D eigenvalue weighted by molar-refractivity contribution is 0.105. The number of ketones is 1. The lowest BCUT2D eigenvalue weighted by atomic mass is 10.1. The molecule has 0 amide bonds. The lowest BCUT2D eigenvalue weighted by Gasteiger charge is -1.91. The summed E-state index contributed by atoms with van der Waals surface area (Å²) < 4.78 is 12.3. The molecule has 0 spiro atoms. The van der Waals surface area contributed by atoms with Gasteiger partial charge in [0.2, 0.25) is 5.78 Å². The largest absolute Gasteiger partial charge is 0.279 e. The van der Waals surface area contributed by atoms with Crippen molar-refractivity contribution in [2.75, 3.05) is 0 Å². The van der Waals surface area contributed by atoms with Crippen molar-refractivity contribution in [3.63, 3.8) is 0 Å². The van der Waals surface area contributed by atoms with Gasteiger partial charge in [-0.05, 0) is 30.2 Å². The van der Waals surface area contributed by atoms with Crippen LogP contribution in [-0.2, 0) is 0 Å². The number of halogens is 1. The van der Waals surface area contributed by atoms with Gasteiger partial charge in [0.25, 0.3) is 0 Å². The maximum absolute atomic E-state index is 12.3. The second kappa shape index (κ2) is 2.98. The summed E-state index contributed by atoms with van der Waals surface area (Å²) in [6.45, 7) is 0. The Morgan fingerprint density at radius 3 is 2.36 bits per heavy atom. The van der Waals surface area contributed by atoms with Crippen LogP contribution in [0.5, 0.6) is 0 Å². The molecule has 0 atom stereocenters. The highest BCUT2D eigenvalue weighted by atomic mass is 19.1. The van der Waals surface area contributed by atoms with Crippen LogP contribution in [0.2, 0.25) is 0 Å². The smallest absolute Gasteiger partial charge is 0.235 e. The summed E-state index contributed by atoms with van der Waals surface area (Å²) >= 11 is 0. The lowest BCUT2D eigenvalue weighted by Crippen LogP contribution is -1.93. The Hall–Kier alpha value is -1.62. The van der Waals surface area contributed by atoms with E-state index in [0.717, 1.165) is 0 Å². The predicted octanol–water partition coefficient (Wildman–Crippen LogP) is 1.64. The van der Waals surface area contributed by atoms with Crippen LogP contribution < -0.4 is 0 Å². The number of carbonyl (C=O) groups is 1. The molecule has 54 valence electrons. The standard InChI is InChI=1S/C9H5FO/c1-2-9(11)7-3-5-8(10)6-4-7/h1,3-6H. The van der Waals surface area contributed by atoms with Gasteiger partial charge < -0.3 is 0 Å². The Balaban J connectivity index is 3.01. The van der Waals surface area contributed by atoms with Gasteiger partial charge >= 0.3 is 0 Å². The minimum absolute atomic E-state index is 0.342. The van der Waals surface area contributed by atoms with Gasteiger partial charge in [0.1, 0.15) is 5.82 Å². The summed E-state index contributed by atoms with van der Waals surface area (Å²) in [5, 5.41) is 0. The van der Waals surface area contributed by atoms with Gasteiger partial charge in [-0.25, -0.2) is 4.39 Å². The molecule has 1 rings (SSSR count). The highest BCUT2D eigenvalue weighted by molar-refractivity contribution is 6.08. The van der Waals surface area contributed by atoms with E-state index in [4.69, 9.17) is 6.42 Å². The van der Waals surface area contributed by atoms with Crippen LogP contribution in [0.15, 0.2) is 24.3 Å². The molecule has 0 fully saturated rings. The monoisotopic (exact) mass is 148 g/mol. The fraction of sp³-hybridized carbons (Fsp3) is 0. The van der Waals surface area contributed by atoms with Crippen LogP contribution in [-0.4, -0.2) is 5.78 Å². The predicted molar refractivity (Wildman–Crippen MR) is 39.6 cm³/mol. The van der Waals surface area contributed by atoms with Crippen molar-refractivity contribution in [1.29, 1.82) is 0 Å². The number of carbonyl (C=O) groups excluding carboxylic acids is 1. The molecule has 1 aromatic rings. The van der Waals surface area contributed by atoms with E-state index in [2.05, 4.69) is 0 Å². The molecular weight excluding hydrogens is 143 g/mol. The number of hydrogen-bond donors (Lipinski definition) is 0. The van der Waals surface area contributed by atoms with Crippen LogP contribution >= 0.6 is 0 Å². The highest BCUT2D eigenvalue weighted by Crippen LogP contribution is 2.02. The molecule has 0 N–H and O–H groups in total. The number of Topliss-reactive ketones (excluding diaryl/α,β-unsaturated/α-hetero) is 1. The Kier molecular flexibility index (Phi) is 2.03. The van der Waals surface area contributed by atoms with E-state index in [0.29, 0.717) is 5.56 Å². The molecule has 0 bridgehead atoms. The van der Waals surface area contributed by atoms with Crippen molar-refractivity contribution in [2.45, 2.75) is 0 Å². The zero-order valence-electron chi connectivity index (χ0n) is 5.67. The summed E-state index contributed by atoms with van der Waals surface area (Å²) in [7, 11) is 0. The molecule has 0 unspecified atom stereocenters. The molecule has 0 aliphatic carbocycles. The summed E-state index contributed by atoms with van der Waals surface area (Å²) in [5.41, 5.74) is 0.342. The van der Waals surface area contributed by atoms with E-state index in [-0.39, 0.29) is 5.82 Å². The molecule has 11 heavy (non-hydrogen) atoms. The van der Waals surface area contributed by atoms with Crippen molar-refractivity contribution >= 4 is 5.78 Å². The second-order valence-electron chi connectivity index (χ2n) is 1.98. The van der Waals surface area contributed by atoms with Gasteiger partial charge in [0.15, 0.2) is 0 Å². The zero-order valence-corrected chi connectivity index (χ0v) is 5.67. The van der Waals surface area contributed by atoms with Crippen molar-refractivity contribution in [3.05, 3.63) is 35.6 Å². The van der Waals surface area contributed by atoms with E-state index in [1.165, 1.54) is 24.3 Å². The quantitative estimate of drug-likeness (QED) is 0.336. The Morgan fingerprint density at radius 2 is 1.91 bits per heavy atom. The van der Waals surface area contributed by atoms with E-state index in [1.54, 1.807) is 0 Å². The Bertz CT molecular complexity index is 305. The third-order valence-corrected chi connectivity index (χ3v) is 1.24. The Morgan fingerprint density at radius 1 is 1.36 bits per heavy atom. The maximum Gasteiger partial charge on any atom is 0.235 e. The molecular formula is C9H5FO. The summed E-state index contributed by atoms with van der Waals surface area (Å²) in [4.78, 5) is 10.8. The molecule has 1 aromatic carbocycles. The van der Waals surface area contributed by atoms with E-state index in [9.17, 15) is 9.18 Å². The second-order valence-corrected chi connectivity index (χ2v) is 1.98. The topological polar surface area (TPSA) is 17.1 Å². The van der Waals surface area contributed by atoms with E-state index in [1.807, 2.05) is 5.92 Å². The minimum atomic E-state index is -0.426. The first-order chi connectivity index (χ1) is 5.24. The van der Waals surface area contributed by atoms with Gasteiger partial charge in [-0.1, -0.05) is 0 Å². The SMILES string of the molecule is C#CC(=O)c1ccc(F)cc1. The Labute approximate surface area is 63.9 Å². The zero-order chi connectivity index (χ0) is 8.27. The first kappa shape index (κ1) is 7.49. The first-order valence-corrected chi connectivity index (χ1v) is 3.00. The first-order valence-electron chi connectivity index (χ1n) is 3.00. The third kappa shape index (κ3) is 1.65. The van der Waals surface area contributed by atoms with E-state index >= 15 is 0 Å². The third-order valence-electron chi connectivity index (χ3n) is 1.24. The maximum atomic E-state index is 12.3. The minimum Gasteiger partial charge on any atom is -0.279 e. The molecule has 0 aromatic heterocycles. The van der Waals surface area contributed by atoms with Gasteiger partial charge in [-0.15, -0.1) is 6.42 Å². The number of benzene rings is 1. The molecule has 0 radical (unpaired) electrons. The molecule has 1 nitrogen and oxygen atoms in total.